The van der Waals surface area contributed by atoms with E-state index in [-0.39, 0.29) is 5.54 Å². The number of ether oxygens (including phenoxy) is 2. The number of amides is 1. The van der Waals surface area contributed by atoms with Crippen molar-refractivity contribution in [1.29, 1.82) is 0 Å². The summed E-state index contributed by atoms with van der Waals surface area (Å²) in [7, 11) is 1.30. The lowest BCUT2D eigenvalue weighted by molar-refractivity contribution is 0.187. The van der Waals surface area contributed by atoms with Crippen LogP contribution in [-0.4, -0.2) is 35.3 Å². The fourth-order valence-corrected chi connectivity index (χ4v) is 2.94. The summed E-state index contributed by atoms with van der Waals surface area (Å²) >= 11 is 0. The number of hydrogen-bond donors (Lipinski definition) is 2. The summed E-state index contributed by atoms with van der Waals surface area (Å²) in [5.41, 5.74) is 8.51. The summed E-state index contributed by atoms with van der Waals surface area (Å²) in [5, 5.41) is 2.53. The molecule has 7 nitrogen and oxygen atoms in total. The van der Waals surface area contributed by atoms with Crippen molar-refractivity contribution in [3.63, 3.8) is 0 Å². The Balaban J connectivity index is 2.12. The van der Waals surface area contributed by atoms with Gasteiger partial charge in [-0.05, 0) is 49.9 Å². The molecule has 1 aromatic heterocycles. The van der Waals surface area contributed by atoms with Crippen molar-refractivity contribution in [3.05, 3.63) is 36.2 Å². The van der Waals surface area contributed by atoms with Crippen LogP contribution in [0.4, 0.5) is 10.6 Å². The monoisotopic (exact) mass is 372 g/mol. The van der Waals surface area contributed by atoms with Crippen molar-refractivity contribution in [3.8, 4) is 17.0 Å². The smallest absolute Gasteiger partial charge is 0.412 e. The maximum absolute atomic E-state index is 11.3. The van der Waals surface area contributed by atoms with E-state index in [2.05, 4.69) is 33.9 Å². The fraction of sp³-hybridized carbons (Fsp3) is 0.450. The van der Waals surface area contributed by atoms with Gasteiger partial charge in [-0.25, -0.2) is 14.8 Å². The van der Waals surface area contributed by atoms with Gasteiger partial charge in [-0.1, -0.05) is 13.8 Å². The molecule has 146 valence electrons. The van der Waals surface area contributed by atoms with E-state index in [1.54, 1.807) is 6.07 Å². The van der Waals surface area contributed by atoms with Gasteiger partial charge in [0, 0.05) is 17.2 Å². The number of nitrogens with two attached hydrogens (primary N) is 1. The highest BCUT2D eigenvalue weighted by Crippen LogP contribution is 2.27. The van der Waals surface area contributed by atoms with E-state index in [0.29, 0.717) is 24.0 Å². The standard InChI is InChI=1S/C20H28N4O3/c1-13(2)10-20(4,21)11-27-17-7-6-15(8-14(17)3)16-9-18(23-12-22-16)24-19(25)26-5/h6-9,12-13H,10-11,21H2,1-5H3,(H,22,23,24,25). The molecule has 0 saturated heterocycles. The first-order valence-corrected chi connectivity index (χ1v) is 8.90. The van der Waals surface area contributed by atoms with Gasteiger partial charge in [0.1, 0.15) is 24.5 Å². The van der Waals surface area contributed by atoms with Crippen molar-refractivity contribution in [2.24, 2.45) is 11.7 Å². The Hall–Kier alpha value is -2.67. The van der Waals surface area contributed by atoms with Crippen LogP contribution in [0.25, 0.3) is 11.3 Å². The van der Waals surface area contributed by atoms with E-state index < -0.39 is 6.09 Å². The highest BCUT2D eigenvalue weighted by Gasteiger charge is 2.21. The molecule has 0 bridgehead atoms. The maximum Gasteiger partial charge on any atom is 0.412 e. The molecular weight excluding hydrogens is 344 g/mol. The summed E-state index contributed by atoms with van der Waals surface area (Å²) in [5.74, 6) is 1.68. The number of nitrogens with one attached hydrogen (secondary N) is 1. The second kappa shape index (κ2) is 8.81. The van der Waals surface area contributed by atoms with Crippen molar-refractivity contribution in [2.45, 2.75) is 39.7 Å². The largest absolute Gasteiger partial charge is 0.491 e. The van der Waals surface area contributed by atoms with E-state index in [1.165, 1.54) is 13.4 Å². The quantitative estimate of drug-likeness (QED) is 0.767. The minimum atomic E-state index is -0.578. The zero-order valence-corrected chi connectivity index (χ0v) is 16.6. The molecule has 1 aromatic carbocycles. The van der Waals surface area contributed by atoms with Gasteiger partial charge in [0.25, 0.3) is 0 Å². The lowest BCUT2D eigenvalue weighted by atomic mass is 9.93. The van der Waals surface area contributed by atoms with Gasteiger partial charge < -0.3 is 15.2 Å². The third kappa shape index (κ3) is 6.21. The van der Waals surface area contributed by atoms with E-state index >= 15 is 0 Å². The van der Waals surface area contributed by atoms with Crippen LogP contribution in [0.1, 0.15) is 32.8 Å². The first kappa shape index (κ1) is 20.6. The molecular formula is C20H28N4O3. The third-order valence-corrected chi connectivity index (χ3v) is 3.99. The van der Waals surface area contributed by atoms with E-state index in [9.17, 15) is 4.79 Å². The Morgan fingerprint density at radius 3 is 2.67 bits per heavy atom. The Morgan fingerprint density at radius 1 is 1.30 bits per heavy atom. The number of hydrogen-bond acceptors (Lipinski definition) is 6. The van der Waals surface area contributed by atoms with Crippen LogP contribution in [0.2, 0.25) is 0 Å². The van der Waals surface area contributed by atoms with E-state index in [0.717, 1.165) is 23.3 Å². The second-order valence-electron chi connectivity index (χ2n) is 7.43. The molecule has 0 radical (unpaired) electrons. The van der Waals surface area contributed by atoms with Gasteiger partial charge >= 0.3 is 6.09 Å². The molecule has 1 atom stereocenters. The molecule has 1 amide bonds. The van der Waals surface area contributed by atoms with Crippen LogP contribution in [0.3, 0.4) is 0 Å². The summed E-state index contributed by atoms with van der Waals surface area (Å²) in [6.07, 6.45) is 1.71. The first-order valence-electron chi connectivity index (χ1n) is 8.90. The average Bonchev–Trinajstić information content (AvgIpc) is 2.59. The SMILES string of the molecule is COC(=O)Nc1cc(-c2ccc(OCC(C)(N)CC(C)C)c(C)c2)ncn1. The fourth-order valence-electron chi connectivity index (χ4n) is 2.94. The normalized spacial score (nSPS) is 13.1. The van der Waals surface area contributed by atoms with Crippen LogP contribution in [0.15, 0.2) is 30.6 Å². The third-order valence-electron chi connectivity index (χ3n) is 3.99. The minimum Gasteiger partial charge on any atom is -0.491 e. The topological polar surface area (TPSA) is 99.4 Å². The highest BCUT2D eigenvalue weighted by molar-refractivity contribution is 5.83. The molecule has 7 heteroatoms. The molecule has 1 unspecified atom stereocenters. The van der Waals surface area contributed by atoms with Gasteiger partial charge in [-0.15, -0.1) is 0 Å². The Bertz CT molecular complexity index is 791. The number of aromatic nitrogens is 2. The van der Waals surface area contributed by atoms with Gasteiger partial charge in [-0.3, -0.25) is 5.32 Å². The zero-order chi connectivity index (χ0) is 20.0. The van der Waals surface area contributed by atoms with Crippen molar-refractivity contribution in [2.75, 3.05) is 19.0 Å². The second-order valence-corrected chi connectivity index (χ2v) is 7.43. The predicted molar refractivity (Wildman–Crippen MR) is 106 cm³/mol. The first-order chi connectivity index (χ1) is 12.7. The van der Waals surface area contributed by atoms with Crippen LogP contribution in [0, 0.1) is 12.8 Å². The Kier molecular flexibility index (Phi) is 6.74. The Labute approximate surface area is 160 Å². The van der Waals surface area contributed by atoms with E-state index in [4.69, 9.17) is 10.5 Å². The van der Waals surface area contributed by atoms with E-state index in [1.807, 2.05) is 32.0 Å². The lowest BCUT2D eigenvalue weighted by Gasteiger charge is -2.27. The summed E-state index contributed by atoms with van der Waals surface area (Å²) in [6.45, 7) is 8.73. The summed E-state index contributed by atoms with van der Waals surface area (Å²) < 4.78 is 10.5. The lowest BCUT2D eigenvalue weighted by Crippen LogP contribution is -2.43. The summed E-state index contributed by atoms with van der Waals surface area (Å²) in [4.78, 5) is 19.6. The molecule has 0 saturated carbocycles. The van der Waals surface area contributed by atoms with Crippen molar-refractivity contribution >= 4 is 11.9 Å². The number of carbonyl (C=O) groups is 1. The number of aryl methyl sites for hydroxylation is 1. The number of carbonyl (C=O) groups excluding carboxylic acids is 1. The maximum atomic E-state index is 11.3. The molecule has 0 fully saturated rings. The number of benzene rings is 1. The molecule has 0 aliphatic heterocycles. The van der Waals surface area contributed by atoms with Crippen molar-refractivity contribution < 1.29 is 14.3 Å². The molecule has 2 aromatic rings. The Morgan fingerprint density at radius 2 is 2.04 bits per heavy atom. The average molecular weight is 372 g/mol. The van der Waals surface area contributed by atoms with Crippen LogP contribution in [-0.2, 0) is 4.74 Å². The van der Waals surface area contributed by atoms with Crippen molar-refractivity contribution in [1.82, 2.24) is 9.97 Å². The minimum absolute atomic E-state index is 0.373. The number of anilines is 1. The molecule has 1 heterocycles. The zero-order valence-electron chi connectivity index (χ0n) is 16.6. The molecule has 0 aliphatic rings. The molecule has 0 spiro atoms. The molecule has 0 aliphatic carbocycles. The van der Waals surface area contributed by atoms with Crippen LogP contribution in [0.5, 0.6) is 5.75 Å². The number of rotatable bonds is 7. The molecule has 2 rings (SSSR count). The van der Waals surface area contributed by atoms with Gasteiger partial charge in [0.05, 0.1) is 12.8 Å². The van der Waals surface area contributed by atoms with Gasteiger partial charge in [0.15, 0.2) is 0 Å². The van der Waals surface area contributed by atoms with Crippen LogP contribution < -0.4 is 15.8 Å². The molecule has 3 N–H and O–H groups in total. The van der Waals surface area contributed by atoms with Gasteiger partial charge in [-0.2, -0.15) is 0 Å². The van der Waals surface area contributed by atoms with Gasteiger partial charge in [0.2, 0.25) is 0 Å². The summed E-state index contributed by atoms with van der Waals surface area (Å²) in [6, 6.07) is 7.50. The molecule has 27 heavy (non-hydrogen) atoms. The number of nitrogens with zero attached hydrogens (tertiary/aromatic N) is 2. The van der Waals surface area contributed by atoms with Crippen LogP contribution >= 0.6 is 0 Å². The number of methoxy groups -OCH3 is 1. The highest BCUT2D eigenvalue weighted by atomic mass is 16.5. The predicted octanol–water partition coefficient (Wildman–Crippen LogP) is 3.77.